The first kappa shape index (κ1) is 13.1. The molecule has 1 aromatic heterocycles. The second-order valence-corrected chi connectivity index (χ2v) is 5.03. The highest BCUT2D eigenvalue weighted by atomic mass is 15.2. The molecule has 1 aromatic rings. The zero-order valence-corrected chi connectivity index (χ0v) is 11.7. The van der Waals surface area contributed by atoms with Crippen LogP contribution >= 0.6 is 0 Å². The van der Waals surface area contributed by atoms with Gasteiger partial charge in [-0.05, 0) is 26.2 Å². The molecule has 1 unspecified atom stereocenters. The Balaban J connectivity index is 2.32. The topological polar surface area (TPSA) is 41.1 Å². The van der Waals surface area contributed by atoms with Gasteiger partial charge in [-0.15, -0.1) is 0 Å². The first-order valence-corrected chi connectivity index (χ1v) is 7.04. The van der Waals surface area contributed by atoms with Gasteiger partial charge in [-0.2, -0.15) is 0 Å². The Morgan fingerprint density at radius 1 is 1.33 bits per heavy atom. The first-order chi connectivity index (χ1) is 8.77. The van der Waals surface area contributed by atoms with Crippen LogP contribution in [0.15, 0.2) is 6.33 Å². The summed E-state index contributed by atoms with van der Waals surface area (Å²) in [6.07, 6.45) is 8.11. The van der Waals surface area contributed by atoms with E-state index in [1.807, 2.05) is 7.05 Å². The molecule has 4 nitrogen and oxygen atoms in total. The van der Waals surface area contributed by atoms with Crippen LogP contribution in [-0.4, -0.2) is 29.6 Å². The van der Waals surface area contributed by atoms with E-state index in [4.69, 9.17) is 0 Å². The summed E-state index contributed by atoms with van der Waals surface area (Å²) >= 11 is 0. The Morgan fingerprint density at radius 2 is 2.17 bits per heavy atom. The van der Waals surface area contributed by atoms with E-state index in [0.717, 1.165) is 18.2 Å². The molecule has 1 atom stereocenters. The minimum absolute atomic E-state index is 0.630. The van der Waals surface area contributed by atoms with Crippen molar-refractivity contribution in [2.75, 3.05) is 23.8 Å². The molecular formula is C14H24N4. The molecule has 18 heavy (non-hydrogen) atoms. The second-order valence-electron chi connectivity index (χ2n) is 5.03. The molecule has 1 N–H and O–H groups in total. The van der Waals surface area contributed by atoms with Crippen LogP contribution in [0.1, 0.15) is 44.6 Å². The Hall–Kier alpha value is -1.32. The van der Waals surface area contributed by atoms with Crippen molar-refractivity contribution < 1.29 is 0 Å². The lowest BCUT2D eigenvalue weighted by atomic mass is 10.1. The Bertz CT molecular complexity index is 391. The standard InChI is InChI=1S/C14H24N4/c1-4-12-8-6-5-7-9-18(12)14-11(2)13(15-3)16-10-17-14/h10,12H,4-9H2,1-3H3,(H,15,16,17). The van der Waals surface area contributed by atoms with E-state index in [-0.39, 0.29) is 0 Å². The van der Waals surface area contributed by atoms with Gasteiger partial charge >= 0.3 is 0 Å². The highest BCUT2D eigenvalue weighted by Crippen LogP contribution is 2.28. The van der Waals surface area contributed by atoms with Crippen molar-refractivity contribution >= 4 is 11.6 Å². The van der Waals surface area contributed by atoms with Crippen LogP contribution in [0.4, 0.5) is 11.6 Å². The molecule has 0 radical (unpaired) electrons. The zero-order valence-electron chi connectivity index (χ0n) is 11.7. The van der Waals surface area contributed by atoms with Gasteiger partial charge in [-0.3, -0.25) is 0 Å². The summed E-state index contributed by atoms with van der Waals surface area (Å²) in [4.78, 5) is 11.3. The molecule has 2 heterocycles. The van der Waals surface area contributed by atoms with Crippen LogP contribution < -0.4 is 10.2 Å². The van der Waals surface area contributed by atoms with Gasteiger partial charge in [0.25, 0.3) is 0 Å². The smallest absolute Gasteiger partial charge is 0.137 e. The minimum atomic E-state index is 0.630. The Labute approximate surface area is 110 Å². The predicted molar refractivity (Wildman–Crippen MR) is 76.2 cm³/mol. The lowest BCUT2D eigenvalue weighted by Gasteiger charge is -2.31. The molecule has 0 amide bonds. The van der Waals surface area contributed by atoms with Crippen LogP contribution in [0, 0.1) is 6.92 Å². The highest BCUT2D eigenvalue weighted by molar-refractivity contribution is 5.58. The molecule has 1 fully saturated rings. The third-order valence-electron chi connectivity index (χ3n) is 3.91. The third kappa shape index (κ3) is 2.57. The van der Waals surface area contributed by atoms with Gasteiger partial charge in [0, 0.05) is 25.2 Å². The third-order valence-corrected chi connectivity index (χ3v) is 3.91. The molecule has 1 aliphatic rings. The molecule has 0 spiro atoms. The van der Waals surface area contributed by atoms with Crippen LogP contribution in [0.25, 0.3) is 0 Å². The van der Waals surface area contributed by atoms with Crippen molar-refractivity contribution in [2.45, 2.75) is 52.0 Å². The van der Waals surface area contributed by atoms with E-state index >= 15 is 0 Å². The number of hydrogen-bond donors (Lipinski definition) is 1. The fraction of sp³-hybridized carbons (Fsp3) is 0.714. The molecule has 100 valence electrons. The van der Waals surface area contributed by atoms with E-state index in [0.29, 0.717) is 6.04 Å². The van der Waals surface area contributed by atoms with Gasteiger partial charge in [0.2, 0.25) is 0 Å². The molecule has 0 saturated carbocycles. The molecule has 0 bridgehead atoms. The van der Waals surface area contributed by atoms with Gasteiger partial charge in [-0.1, -0.05) is 19.8 Å². The summed E-state index contributed by atoms with van der Waals surface area (Å²) in [6.45, 7) is 5.51. The second kappa shape index (κ2) is 6.03. The molecule has 0 aromatic carbocycles. The van der Waals surface area contributed by atoms with Crippen LogP contribution in [0.5, 0.6) is 0 Å². The van der Waals surface area contributed by atoms with E-state index in [2.05, 4.69) is 34.0 Å². The van der Waals surface area contributed by atoms with Gasteiger partial charge in [0.15, 0.2) is 0 Å². The molecule has 4 heteroatoms. The SMILES string of the molecule is CCC1CCCCCN1c1ncnc(NC)c1C. The van der Waals surface area contributed by atoms with Crippen LogP contribution in [0.2, 0.25) is 0 Å². The molecule has 0 aliphatic carbocycles. The molecule has 1 aliphatic heterocycles. The van der Waals surface area contributed by atoms with Crippen LogP contribution in [-0.2, 0) is 0 Å². The fourth-order valence-corrected chi connectivity index (χ4v) is 2.86. The summed E-state index contributed by atoms with van der Waals surface area (Å²) in [5.41, 5.74) is 1.17. The average molecular weight is 248 g/mol. The number of nitrogens with zero attached hydrogens (tertiary/aromatic N) is 3. The lowest BCUT2D eigenvalue weighted by Crippen LogP contribution is -2.35. The maximum absolute atomic E-state index is 4.53. The molecular weight excluding hydrogens is 224 g/mol. The Kier molecular flexibility index (Phi) is 4.39. The van der Waals surface area contributed by atoms with E-state index in [9.17, 15) is 0 Å². The predicted octanol–water partition coefficient (Wildman–Crippen LogP) is 2.99. The summed E-state index contributed by atoms with van der Waals surface area (Å²) in [5, 5.41) is 3.15. The van der Waals surface area contributed by atoms with Crippen molar-refractivity contribution in [2.24, 2.45) is 0 Å². The number of hydrogen-bond acceptors (Lipinski definition) is 4. The number of anilines is 2. The maximum Gasteiger partial charge on any atom is 0.137 e. The molecule has 2 rings (SSSR count). The number of rotatable bonds is 3. The first-order valence-electron chi connectivity index (χ1n) is 7.04. The van der Waals surface area contributed by atoms with Crippen molar-refractivity contribution in [3.8, 4) is 0 Å². The van der Waals surface area contributed by atoms with Crippen molar-refractivity contribution in [3.05, 3.63) is 11.9 Å². The minimum Gasteiger partial charge on any atom is -0.373 e. The summed E-state index contributed by atoms with van der Waals surface area (Å²) in [6, 6.07) is 0.630. The summed E-state index contributed by atoms with van der Waals surface area (Å²) in [7, 11) is 1.92. The normalized spacial score (nSPS) is 20.6. The summed E-state index contributed by atoms with van der Waals surface area (Å²) in [5.74, 6) is 2.06. The zero-order chi connectivity index (χ0) is 13.0. The highest BCUT2D eigenvalue weighted by Gasteiger charge is 2.22. The van der Waals surface area contributed by atoms with Gasteiger partial charge < -0.3 is 10.2 Å². The average Bonchev–Trinajstić information content (AvgIpc) is 2.64. The Morgan fingerprint density at radius 3 is 2.89 bits per heavy atom. The van der Waals surface area contributed by atoms with Crippen molar-refractivity contribution in [3.63, 3.8) is 0 Å². The largest absolute Gasteiger partial charge is 0.373 e. The monoisotopic (exact) mass is 248 g/mol. The van der Waals surface area contributed by atoms with Crippen LogP contribution in [0.3, 0.4) is 0 Å². The number of aromatic nitrogens is 2. The quantitative estimate of drug-likeness (QED) is 0.893. The fourth-order valence-electron chi connectivity index (χ4n) is 2.86. The molecule has 1 saturated heterocycles. The van der Waals surface area contributed by atoms with E-state index < -0.39 is 0 Å². The van der Waals surface area contributed by atoms with Crippen molar-refractivity contribution in [1.82, 2.24) is 9.97 Å². The van der Waals surface area contributed by atoms with Gasteiger partial charge in [0.05, 0.1) is 0 Å². The van der Waals surface area contributed by atoms with Crippen molar-refractivity contribution in [1.29, 1.82) is 0 Å². The van der Waals surface area contributed by atoms with E-state index in [1.54, 1.807) is 6.33 Å². The van der Waals surface area contributed by atoms with E-state index in [1.165, 1.54) is 37.7 Å². The maximum atomic E-state index is 4.53. The lowest BCUT2D eigenvalue weighted by molar-refractivity contribution is 0.551. The summed E-state index contributed by atoms with van der Waals surface area (Å²) < 4.78 is 0. The van der Waals surface area contributed by atoms with Gasteiger partial charge in [0.1, 0.15) is 18.0 Å². The number of nitrogens with one attached hydrogen (secondary N) is 1. The van der Waals surface area contributed by atoms with Gasteiger partial charge in [-0.25, -0.2) is 9.97 Å².